The molecule has 0 aromatic rings. The lowest BCUT2D eigenvalue weighted by atomic mass is 9.96. The maximum Gasteiger partial charge on any atom is 0.183 e. The first kappa shape index (κ1) is 8.25. The lowest BCUT2D eigenvalue weighted by Gasteiger charge is -2.12. The van der Waals surface area contributed by atoms with E-state index in [1.54, 1.807) is 0 Å². The van der Waals surface area contributed by atoms with Crippen LogP contribution < -0.4 is 0 Å². The fraction of sp³-hybridized carbons (Fsp3) is 0.500. The first-order valence-electron chi connectivity index (χ1n) is 4.14. The van der Waals surface area contributed by atoms with Crippen molar-refractivity contribution in [1.29, 1.82) is 0 Å². The third kappa shape index (κ3) is 1.79. The van der Waals surface area contributed by atoms with E-state index in [9.17, 15) is 0 Å². The Balaban J connectivity index is 2.90. The molecule has 0 aromatic heterocycles. The largest absolute Gasteiger partial charge is 0.211 e. The molecule has 0 saturated heterocycles. The second-order valence-corrected chi connectivity index (χ2v) is 3.08. The summed E-state index contributed by atoms with van der Waals surface area (Å²) in [5.74, 6) is 0. The van der Waals surface area contributed by atoms with Gasteiger partial charge in [-0.3, -0.25) is 0 Å². The van der Waals surface area contributed by atoms with Crippen LogP contribution in [0.1, 0.15) is 25.7 Å². The molecule has 1 aliphatic carbocycles. The summed E-state index contributed by atoms with van der Waals surface area (Å²) in [4.78, 5) is 0. The number of nitrogens with zero attached hydrogens (tertiary/aromatic N) is 1. The van der Waals surface area contributed by atoms with Crippen LogP contribution in [-0.2, 0) is 0 Å². The summed E-state index contributed by atoms with van der Waals surface area (Å²) in [5.41, 5.74) is 2.75. The Labute approximate surface area is 68.7 Å². The Hall–Kier alpha value is -0.850. The van der Waals surface area contributed by atoms with E-state index in [0.29, 0.717) is 0 Å². The van der Waals surface area contributed by atoms with Crippen LogP contribution in [0.3, 0.4) is 0 Å². The molecule has 1 aliphatic rings. The van der Waals surface area contributed by atoms with Crippen molar-refractivity contribution in [1.82, 2.24) is 0 Å². The molecular weight excluding hydrogens is 134 g/mol. The van der Waals surface area contributed by atoms with E-state index in [1.807, 2.05) is 17.7 Å². The average molecular weight is 150 g/mol. The monoisotopic (exact) mass is 150 g/mol. The quantitative estimate of drug-likeness (QED) is 0.420. The summed E-state index contributed by atoms with van der Waals surface area (Å²) < 4.78 is 1.97. The molecule has 0 aromatic carbocycles. The highest BCUT2D eigenvalue weighted by atomic mass is 15.0. The molecule has 0 amide bonds. The van der Waals surface area contributed by atoms with Gasteiger partial charge >= 0.3 is 0 Å². The van der Waals surface area contributed by atoms with E-state index in [1.165, 1.54) is 37.0 Å². The van der Waals surface area contributed by atoms with E-state index >= 15 is 0 Å². The molecule has 11 heavy (non-hydrogen) atoms. The van der Waals surface area contributed by atoms with Gasteiger partial charge in [0.1, 0.15) is 13.8 Å². The molecule has 0 radical (unpaired) electrons. The summed E-state index contributed by atoms with van der Waals surface area (Å²) >= 11 is 0. The second kappa shape index (κ2) is 3.51. The van der Waals surface area contributed by atoms with E-state index in [0.717, 1.165) is 0 Å². The zero-order chi connectivity index (χ0) is 8.27. The zero-order valence-electron chi connectivity index (χ0n) is 7.27. The van der Waals surface area contributed by atoms with Crippen LogP contribution in [0.4, 0.5) is 0 Å². The van der Waals surface area contributed by atoms with E-state index < -0.39 is 0 Å². The molecule has 0 unspecified atom stereocenters. The molecule has 60 valence electrons. The summed E-state index contributed by atoms with van der Waals surface area (Å²) in [6.45, 7) is 7.69. The van der Waals surface area contributed by atoms with Crippen molar-refractivity contribution in [3.63, 3.8) is 0 Å². The highest BCUT2D eigenvalue weighted by Crippen LogP contribution is 2.24. The summed E-state index contributed by atoms with van der Waals surface area (Å²) in [6, 6.07) is 0. The van der Waals surface area contributed by atoms with Gasteiger partial charge < -0.3 is 0 Å². The maximum absolute atomic E-state index is 3.89. The van der Waals surface area contributed by atoms with E-state index in [2.05, 4.69) is 13.3 Å². The van der Waals surface area contributed by atoms with Crippen molar-refractivity contribution in [2.75, 3.05) is 7.05 Å². The van der Waals surface area contributed by atoms with E-state index in [-0.39, 0.29) is 0 Å². The molecule has 0 heterocycles. The van der Waals surface area contributed by atoms with Gasteiger partial charge in [-0.15, -0.1) is 0 Å². The van der Waals surface area contributed by atoms with Crippen molar-refractivity contribution in [2.45, 2.75) is 25.7 Å². The summed E-state index contributed by atoms with van der Waals surface area (Å²) in [7, 11) is 2.00. The predicted octanol–water partition coefficient (Wildman–Crippen LogP) is 2.34. The highest BCUT2D eigenvalue weighted by Gasteiger charge is 2.15. The normalized spacial score (nSPS) is 18.3. The number of hydrogen-bond donors (Lipinski definition) is 0. The van der Waals surface area contributed by atoms with Gasteiger partial charge in [0.15, 0.2) is 5.70 Å². The van der Waals surface area contributed by atoms with Gasteiger partial charge in [-0.05, 0) is 19.3 Å². The minimum atomic E-state index is 1.17. The van der Waals surface area contributed by atoms with Gasteiger partial charge in [0.25, 0.3) is 0 Å². The molecule has 0 aliphatic heterocycles. The molecule has 0 fully saturated rings. The third-order valence-corrected chi connectivity index (χ3v) is 2.19. The second-order valence-electron chi connectivity index (χ2n) is 3.08. The standard InChI is InChI=1S/C10H16N/c1-4-9-7-5-6-8-10(9)11(2)3/h4H,1-2,5-8H2,3H3/q+1. The Bertz CT molecular complexity index is 211. The number of hydrogen-bond acceptors (Lipinski definition) is 0. The molecular formula is C10H16N+. The minimum Gasteiger partial charge on any atom is -0.211 e. The molecule has 1 rings (SSSR count). The molecule has 0 atom stereocenters. The lowest BCUT2D eigenvalue weighted by Crippen LogP contribution is -2.09. The first-order chi connectivity index (χ1) is 5.25. The van der Waals surface area contributed by atoms with Crippen LogP contribution >= 0.6 is 0 Å². The van der Waals surface area contributed by atoms with Crippen LogP contribution in [0.5, 0.6) is 0 Å². The minimum absolute atomic E-state index is 1.17. The molecule has 0 bridgehead atoms. The van der Waals surface area contributed by atoms with Crippen molar-refractivity contribution >= 4 is 6.72 Å². The fourth-order valence-electron chi connectivity index (χ4n) is 1.57. The van der Waals surface area contributed by atoms with Crippen molar-refractivity contribution in [2.24, 2.45) is 0 Å². The van der Waals surface area contributed by atoms with Crippen LogP contribution in [0.15, 0.2) is 23.9 Å². The molecule has 0 N–H and O–H groups in total. The Morgan fingerprint density at radius 1 is 1.36 bits per heavy atom. The highest BCUT2D eigenvalue weighted by molar-refractivity contribution is 5.25. The number of allylic oxidation sites excluding steroid dienone is 3. The van der Waals surface area contributed by atoms with Crippen molar-refractivity contribution < 1.29 is 4.58 Å². The lowest BCUT2D eigenvalue weighted by molar-refractivity contribution is -0.438. The Kier molecular flexibility index (Phi) is 2.64. The fourth-order valence-corrected chi connectivity index (χ4v) is 1.57. The summed E-state index contributed by atoms with van der Waals surface area (Å²) in [6.07, 6.45) is 6.92. The van der Waals surface area contributed by atoms with Gasteiger partial charge in [0, 0.05) is 12.0 Å². The SMILES string of the molecule is C=CC1=C([N+](=C)C)CCCC1. The van der Waals surface area contributed by atoms with Gasteiger partial charge in [0.2, 0.25) is 0 Å². The summed E-state index contributed by atoms with van der Waals surface area (Å²) in [5, 5.41) is 0. The molecule has 1 nitrogen and oxygen atoms in total. The van der Waals surface area contributed by atoms with E-state index in [4.69, 9.17) is 0 Å². The van der Waals surface area contributed by atoms with Crippen LogP contribution in [-0.4, -0.2) is 18.3 Å². The molecule has 0 spiro atoms. The van der Waals surface area contributed by atoms with Crippen LogP contribution in [0.2, 0.25) is 0 Å². The van der Waals surface area contributed by atoms with Gasteiger partial charge in [-0.1, -0.05) is 12.7 Å². The molecule has 0 saturated carbocycles. The topological polar surface area (TPSA) is 3.01 Å². The van der Waals surface area contributed by atoms with Crippen molar-refractivity contribution in [3.8, 4) is 0 Å². The van der Waals surface area contributed by atoms with Gasteiger partial charge in [-0.25, -0.2) is 4.58 Å². The number of rotatable bonds is 2. The first-order valence-corrected chi connectivity index (χ1v) is 4.14. The zero-order valence-corrected chi connectivity index (χ0v) is 7.27. The Morgan fingerprint density at radius 2 is 2.00 bits per heavy atom. The predicted molar refractivity (Wildman–Crippen MR) is 49.0 cm³/mol. The maximum atomic E-state index is 3.89. The average Bonchev–Trinajstić information content (AvgIpc) is 2.04. The Morgan fingerprint density at radius 3 is 2.45 bits per heavy atom. The van der Waals surface area contributed by atoms with Crippen LogP contribution in [0.25, 0.3) is 0 Å². The third-order valence-electron chi connectivity index (χ3n) is 2.19. The van der Waals surface area contributed by atoms with Gasteiger partial charge in [0.05, 0.1) is 0 Å². The molecule has 1 heteroatoms. The van der Waals surface area contributed by atoms with Crippen molar-refractivity contribution in [3.05, 3.63) is 23.9 Å². The van der Waals surface area contributed by atoms with Gasteiger partial charge in [-0.2, -0.15) is 0 Å². The smallest absolute Gasteiger partial charge is 0.183 e. The van der Waals surface area contributed by atoms with Crippen LogP contribution in [0, 0.1) is 0 Å².